The molecular formula is C12H12O4. The molecule has 0 saturated carbocycles. The van der Waals surface area contributed by atoms with E-state index in [4.69, 9.17) is 5.11 Å². The lowest BCUT2D eigenvalue weighted by molar-refractivity contribution is -0.135. The van der Waals surface area contributed by atoms with Crippen molar-refractivity contribution in [3.63, 3.8) is 0 Å². The number of ether oxygens (including phenoxy) is 1. The van der Waals surface area contributed by atoms with Crippen molar-refractivity contribution in [2.45, 2.75) is 6.92 Å². The maximum absolute atomic E-state index is 11.0. The Morgan fingerprint density at radius 2 is 1.81 bits per heavy atom. The summed E-state index contributed by atoms with van der Waals surface area (Å²) in [6.07, 6.45) is 1.40. The Hall–Kier alpha value is -2.10. The highest BCUT2D eigenvalue weighted by Gasteiger charge is 2.06. The van der Waals surface area contributed by atoms with E-state index in [2.05, 4.69) is 4.74 Å². The molecule has 0 radical (unpaired) electrons. The van der Waals surface area contributed by atoms with Gasteiger partial charge in [-0.25, -0.2) is 4.79 Å². The molecule has 0 heterocycles. The van der Waals surface area contributed by atoms with E-state index in [1.165, 1.54) is 20.1 Å². The van der Waals surface area contributed by atoms with Gasteiger partial charge in [-0.2, -0.15) is 0 Å². The minimum Gasteiger partial charge on any atom is -0.490 e. The molecule has 1 aromatic rings. The molecule has 1 rings (SSSR count). The number of carbonyl (C=O) groups is 2. The minimum atomic E-state index is -1.13. The average molecular weight is 220 g/mol. The van der Waals surface area contributed by atoms with Crippen LogP contribution in [0.5, 0.6) is 0 Å². The molecule has 0 bridgehead atoms. The second kappa shape index (κ2) is 5.11. The molecule has 4 nitrogen and oxygen atoms in total. The molecule has 0 aromatic heterocycles. The van der Waals surface area contributed by atoms with Gasteiger partial charge in [-0.05, 0) is 18.6 Å². The van der Waals surface area contributed by atoms with E-state index in [-0.39, 0.29) is 11.5 Å². The molecule has 0 saturated heterocycles. The van der Waals surface area contributed by atoms with E-state index >= 15 is 0 Å². The van der Waals surface area contributed by atoms with Gasteiger partial charge >= 0.3 is 5.97 Å². The first-order chi connectivity index (χ1) is 7.54. The van der Waals surface area contributed by atoms with Gasteiger partial charge in [0.2, 0.25) is 5.76 Å². The first kappa shape index (κ1) is 12.0. The largest absolute Gasteiger partial charge is 0.490 e. The van der Waals surface area contributed by atoms with E-state index in [0.29, 0.717) is 11.1 Å². The number of carboxylic acids is 1. The van der Waals surface area contributed by atoms with E-state index in [9.17, 15) is 9.59 Å². The van der Waals surface area contributed by atoms with Crippen LogP contribution in [-0.4, -0.2) is 24.0 Å². The summed E-state index contributed by atoms with van der Waals surface area (Å²) >= 11 is 0. The van der Waals surface area contributed by atoms with Crippen molar-refractivity contribution in [3.05, 3.63) is 41.2 Å². The van der Waals surface area contributed by atoms with Gasteiger partial charge in [0.1, 0.15) is 0 Å². The molecule has 0 aliphatic rings. The first-order valence-corrected chi connectivity index (χ1v) is 4.64. The molecule has 4 heteroatoms. The molecule has 0 atom stereocenters. The Labute approximate surface area is 93.2 Å². The van der Waals surface area contributed by atoms with E-state index in [1.807, 2.05) is 0 Å². The number of benzene rings is 1. The van der Waals surface area contributed by atoms with Crippen LogP contribution in [0.25, 0.3) is 6.08 Å². The molecule has 1 N–H and O–H groups in total. The number of aliphatic carboxylic acids is 1. The molecule has 0 spiro atoms. The number of carboxylic acid groups (broad SMARTS) is 1. The second-order valence-electron chi connectivity index (χ2n) is 3.20. The zero-order chi connectivity index (χ0) is 12.1. The van der Waals surface area contributed by atoms with Gasteiger partial charge in [0.05, 0.1) is 7.11 Å². The Balaban J connectivity index is 2.98. The Morgan fingerprint density at radius 1 is 1.25 bits per heavy atom. The molecular weight excluding hydrogens is 208 g/mol. The summed E-state index contributed by atoms with van der Waals surface area (Å²) in [4.78, 5) is 21.7. The van der Waals surface area contributed by atoms with E-state index in [1.54, 1.807) is 24.3 Å². The van der Waals surface area contributed by atoms with E-state index in [0.717, 1.165) is 0 Å². The van der Waals surface area contributed by atoms with Crippen molar-refractivity contribution >= 4 is 17.8 Å². The van der Waals surface area contributed by atoms with Crippen LogP contribution in [0.2, 0.25) is 0 Å². The van der Waals surface area contributed by atoms with Gasteiger partial charge in [0.25, 0.3) is 0 Å². The molecule has 0 unspecified atom stereocenters. The SMILES string of the molecule is COC(=Cc1ccc(C(C)=O)cc1)C(=O)O. The fourth-order valence-electron chi connectivity index (χ4n) is 1.17. The number of hydrogen-bond acceptors (Lipinski definition) is 3. The maximum atomic E-state index is 11.0. The molecule has 0 amide bonds. The van der Waals surface area contributed by atoms with Crippen molar-refractivity contribution in [3.8, 4) is 0 Å². The lowest BCUT2D eigenvalue weighted by Crippen LogP contribution is -2.02. The summed E-state index contributed by atoms with van der Waals surface area (Å²) in [7, 11) is 1.30. The van der Waals surface area contributed by atoms with Crippen LogP contribution >= 0.6 is 0 Å². The summed E-state index contributed by atoms with van der Waals surface area (Å²) in [6.45, 7) is 1.47. The van der Waals surface area contributed by atoms with Crippen LogP contribution in [0, 0.1) is 0 Å². The van der Waals surface area contributed by atoms with Gasteiger partial charge in [-0.15, -0.1) is 0 Å². The summed E-state index contributed by atoms with van der Waals surface area (Å²) in [5.41, 5.74) is 1.26. The smallest absolute Gasteiger partial charge is 0.371 e. The predicted octanol–water partition coefficient (Wildman–Crippen LogP) is 1.96. The topological polar surface area (TPSA) is 63.6 Å². The quantitative estimate of drug-likeness (QED) is 0.478. The number of hydrogen-bond donors (Lipinski definition) is 1. The van der Waals surface area contributed by atoms with Crippen molar-refractivity contribution in [2.24, 2.45) is 0 Å². The van der Waals surface area contributed by atoms with Crippen molar-refractivity contribution in [2.75, 3.05) is 7.11 Å². The maximum Gasteiger partial charge on any atom is 0.371 e. The van der Waals surface area contributed by atoms with Gasteiger partial charge in [0, 0.05) is 5.56 Å². The third-order valence-electron chi connectivity index (χ3n) is 2.05. The fraction of sp³-hybridized carbons (Fsp3) is 0.167. The Bertz CT molecular complexity index is 429. The molecule has 1 aromatic carbocycles. The highest BCUT2D eigenvalue weighted by molar-refractivity contribution is 5.94. The third-order valence-corrected chi connectivity index (χ3v) is 2.05. The third kappa shape index (κ3) is 2.95. The monoisotopic (exact) mass is 220 g/mol. The average Bonchev–Trinajstić information content (AvgIpc) is 2.26. The molecule has 84 valence electrons. The number of ketones is 1. The molecule has 0 fully saturated rings. The summed E-state index contributed by atoms with van der Waals surface area (Å²) < 4.78 is 4.69. The number of carbonyl (C=O) groups excluding carboxylic acids is 1. The minimum absolute atomic E-state index is 0.0271. The van der Waals surface area contributed by atoms with Gasteiger partial charge in [-0.1, -0.05) is 24.3 Å². The predicted molar refractivity (Wildman–Crippen MR) is 59.1 cm³/mol. The van der Waals surface area contributed by atoms with Crippen LogP contribution in [-0.2, 0) is 9.53 Å². The van der Waals surface area contributed by atoms with Gasteiger partial charge in [-0.3, -0.25) is 4.79 Å². The zero-order valence-electron chi connectivity index (χ0n) is 9.06. The summed E-state index contributed by atoms with van der Waals surface area (Å²) in [5.74, 6) is -1.30. The second-order valence-corrected chi connectivity index (χ2v) is 3.20. The highest BCUT2D eigenvalue weighted by atomic mass is 16.5. The van der Waals surface area contributed by atoms with Crippen LogP contribution in [0.4, 0.5) is 0 Å². The van der Waals surface area contributed by atoms with Crippen LogP contribution < -0.4 is 0 Å². The van der Waals surface area contributed by atoms with E-state index < -0.39 is 5.97 Å². The van der Waals surface area contributed by atoms with Crippen LogP contribution in [0.1, 0.15) is 22.8 Å². The van der Waals surface area contributed by atoms with Gasteiger partial charge < -0.3 is 9.84 Å². The summed E-state index contributed by atoms with van der Waals surface area (Å²) in [6, 6.07) is 6.62. The molecule has 0 aliphatic heterocycles. The first-order valence-electron chi connectivity index (χ1n) is 4.64. The van der Waals surface area contributed by atoms with Crippen molar-refractivity contribution in [1.29, 1.82) is 0 Å². The number of Topliss-reactive ketones (excluding diaryl/α,β-unsaturated/α-hetero) is 1. The standard InChI is InChI=1S/C12H12O4/c1-8(13)10-5-3-9(4-6-10)7-11(16-2)12(14)15/h3-7H,1-2H3,(H,14,15). The lowest BCUT2D eigenvalue weighted by Gasteiger charge is -2.01. The normalized spacial score (nSPS) is 11.0. The van der Waals surface area contributed by atoms with Gasteiger partial charge in [0.15, 0.2) is 5.78 Å². The lowest BCUT2D eigenvalue weighted by atomic mass is 10.1. The Kier molecular flexibility index (Phi) is 3.83. The fourth-order valence-corrected chi connectivity index (χ4v) is 1.17. The number of rotatable bonds is 4. The highest BCUT2D eigenvalue weighted by Crippen LogP contribution is 2.10. The van der Waals surface area contributed by atoms with Crippen molar-refractivity contribution in [1.82, 2.24) is 0 Å². The Morgan fingerprint density at radius 3 is 2.19 bits per heavy atom. The molecule has 16 heavy (non-hydrogen) atoms. The summed E-state index contributed by atoms with van der Waals surface area (Å²) in [5, 5.41) is 8.73. The zero-order valence-corrected chi connectivity index (χ0v) is 9.06. The number of methoxy groups -OCH3 is 1. The van der Waals surface area contributed by atoms with Crippen LogP contribution in [0.15, 0.2) is 30.0 Å². The van der Waals surface area contributed by atoms with Crippen LogP contribution in [0.3, 0.4) is 0 Å². The molecule has 0 aliphatic carbocycles. The van der Waals surface area contributed by atoms with Crippen molar-refractivity contribution < 1.29 is 19.4 Å².